The summed E-state index contributed by atoms with van der Waals surface area (Å²) < 4.78 is 22.7. The van der Waals surface area contributed by atoms with Crippen LogP contribution in [0.2, 0.25) is 5.02 Å². The lowest BCUT2D eigenvalue weighted by Gasteiger charge is -2.19. The molecule has 0 spiro atoms. The van der Waals surface area contributed by atoms with Crippen LogP contribution in [0.3, 0.4) is 0 Å². The van der Waals surface area contributed by atoms with Crippen LogP contribution in [0, 0.1) is 5.92 Å². The van der Waals surface area contributed by atoms with Gasteiger partial charge < -0.3 is 5.32 Å². The maximum absolute atomic E-state index is 12.6. The summed E-state index contributed by atoms with van der Waals surface area (Å²) in [5.74, 6) is 0.275. The van der Waals surface area contributed by atoms with Crippen LogP contribution in [0.15, 0.2) is 48.5 Å². The predicted molar refractivity (Wildman–Crippen MR) is 99.4 cm³/mol. The van der Waals surface area contributed by atoms with Crippen molar-refractivity contribution in [3.8, 4) is 0 Å². The van der Waals surface area contributed by atoms with Crippen LogP contribution >= 0.6 is 11.6 Å². The lowest BCUT2D eigenvalue weighted by atomic mass is 10.0. The van der Waals surface area contributed by atoms with E-state index in [4.69, 9.17) is 11.6 Å². The Bertz CT molecular complexity index is 857. The Labute approximate surface area is 153 Å². The van der Waals surface area contributed by atoms with Crippen LogP contribution < -0.4 is 5.32 Å². The highest BCUT2D eigenvalue weighted by molar-refractivity contribution is 7.89. The average Bonchev–Trinajstić information content (AvgIpc) is 3.37. The predicted octanol–water partition coefficient (Wildman–Crippen LogP) is 3.77. The van der Waals surface area contributed by atoms with E-state index in [1.807, 2.05) is 24.3 Å². The lowest BCUT2D eigenvalue weighted by Crippen LogP contribution is -2.29. The highest BCUT2D eigenvalue weighted by Gasteiger charge is 2.33. The molecule has 0 heterocycles. The highest BCUT2D eigenvalue weighted by atomic mass is 35.5. The van der Waals surface area contributed by atoms with Crippen LogP contribution in [0.4, 0.5) is 0 Å². The van der Waals surface area contributed by atoms with Gasteiger partial charge in [0.15, 0.2) is 9.84 Å². The van der Waals surface area contributed by atoms with E-state index in [1.165, 1.54) is 6.26 Å². The van der Waals surface area contributed by atoms with Crippen molar-refractivity contribution in [2.45, 2.75) is 24.6 Å². The second-order valence-electron chi connectivity index (χ2n) is 6.61. The van der Waals surface area contributed by atoms with Crippen molar-refractivity contribution >= 4 is 27.3 Å². The van der Waals surface area contributed by atoms with E-state index in [-0.39, 0.29) is 17.7 Å². The molecule has 2 aromatic carbocycles. The molecule has 0 radical (unpaired) electrons. The Morgan fingerprint density at radius 1 is 1.12 bits per heavy atom. The van der Waals surface area contributed by atoms with Gasteiger partial charge in [0.25, 0.3) is 5.91 Å². The number of halogens is 1. The summed E-state index contributed by atoms with van der Waals surface area (Å²) in [5, 5.41) is 3.77. The molecule has 0 bridgehead atoms. The van der Waals surface area contributed by atoms with Crippen LogP contribution in [0.1, 0.15) is 40.4 Å². The third kappa shape index (κ3) is 5.06. The van der Waals surface area contributed by atoms with Gasteiger partial charge in [-0.25, -0.2) is 8.42 Å². The summed E-state index contributed by atoms with van der Waals surface area (Å²) in [7, 11) is -3.08. The zero-order valence-corrected chi connectivity index (χ0v) is 15.5. The fourth-order valence-corrected chi connectivity index (χ4v) is 3.78. The number of benzene rings is 2. The maximum Gasteiger partial charge on any atom is 0.251 e. The van der Waals surface area contributed by atoms with Crippen LogP contribution in [-0.4, -0.2) is 20.6 Å². The maximum atomic E-state index is 12.6. The zero-order valence-electron chi connectivity index (χ0n) is 13.9. The van der Waals surface area contributed by atoms with E-state index in [9.17, 15) is 13.2 Å². The highest BCUT2D eigenvalue weighted by Crippen LogP contribution is 2.41. The summed E-state index contributed by atoms with van der Waals surface area (Å²) >= 11 is 5.94. The normalized spacial score (nSPS) is 15.6. The summed E-state index contributed by atoms with van der Waals surface area (Å²) in [4.78, 5) is 12.6. The van der Waals surface area contributed by atoms with Gasteiger partial charge in [0.2, 0.25) is 0 Å². The molecule has 4 nitrogen and oxygen atoms in total. The second-order valence-corrected chi connectivity index (χ2v) is 9.18. The molecular formula is C19H20ClNO3S. The minimum Gasteiger partial charge on any atom is -0.345 e. The minimum absolute atomic E-state index is 0.0234. The molecule has 3 rings (SSSR count). The molecule has 1 N–H and O–H groups in total. The van der Waals surface area contributed by atoms with E-state index in [0.29, 0.717) is 22.1 Å². The van der Waals surface area contributed by atoms with Gasteiger partial charge in [-0.2, -0.15) is 0 Å². The standard InChI is InChI=1S/C19H20ClNO3S/c1-25(23,24)12-13-2-4-16(5-3-13)19(22)21-18(14-6-7-14)15-8-10-17(20)11-9-15/h2-5,8-11,14,18H,6-7,12H2,1H3,(H,21,22)/t18-/m1/s1. The summed E-state index contributed by atoms with van der Waals surface area (Å²) in [6.07, 6.45) is 3.39. The number of rotatable bonds is 6. The van der Waals surface area contributed by atoms with Crippen molar-refractivity contribution in [1.29, 1.82) is 0 Å². The Kier molecular flexibility index (Phi) is 5.16. The van der Waals surface area contributed by atoms with Crippen LogP contribution in [0.5, 0.6) is 0 Å². The zero-order chi connectivity index (χ0) is 18.0. The summed E-state index contributed by atoms with van der Waals surface area (Å²) in [6.45, 7) is 0. The Hall–Kier alpha value is -1.85. The summed E-state index contributed by atoms with van der Waals surface area (Å²) in [5.41, 5.74) is 2.25. The number of amides is 1. The first-order valence-corrected chi connectivity index (χ1v) is 10.6. The van der Waals surface area contributed by atoms with Gasteiger partial charge in [0, 0.05) is 16.8 Å². The second kappa shape index (κ2) is 7.18. The van der Waals surface area contributed by atoms with E-state index in [0.717, 1.165) is 18.4 Å². The first-order valence-electron chi connectivity index (χ1n) is 8.15. The number of carbonyl (C=O) groups excluding carboxylic acids is 1. The number of hydrogen-bond donors (Lipinski definition) is 1. The average molecular weight is 378 g/mol. The quantitative estimate of drug-likeness (QED) is 0.833. The van der Waals surface area contributed by atoms with Crippen molar-refractivity contribution in [3.63, 3.8) is 0 Å². The van der Waals surface area contributed by atoms with Crippen LogP contribution in [0.25, 0.3) is 0 Å². The van der Waals surface area contributed by atoms with Gasteiger partial charge in [-0.1, -0.05) is 35.9 Å². The number of carbonyl (C=O) groups is 1. The minimum atomic E-state index is -3.08. The molecule has 1 fully saturated rings. The molecule has 1 aliphatic rings. The molecular weight excluding hydrogens is 358 g/mol. The molecule has 0 unspecified atom stereocenters. The molecule has 1 amide bonds. The van der Waals surface area contributed by atoms with Gasteiger partial charge in [0.05, 0.1) is 11.8 Å². The van der Waals surface area contributed by atoms with Gasteiger partial charge in [-0.15, -0.1) is 0 Å². The van der Waals surface area contributed by atoms with Crippen molar-refractivity contribution in [1.82, 2.24) is 5.32 Å². The fraction of sp³-hybridized carbons (Fsp3) is 0.316. The van der Waals surface area contributed by atoms with Crippen molar-refractivity contribution in [3.05, 3.63) is 70.2 Å². The third-order valence-corrected chi connectivity index (χ3v) is 5.36. The van der Waals surface area contributed by atoms with E-state index >= 15 is 0 Å². The van der Waals surface area contributed by atoms with E-state index in [2.05, 4.69) is 5.32 Å². The Morgan fingerprint density at radius 3 is 2.24 bits per heavy atom. The van der Waals surface area contributed by atoms with Crippen molar-refractivity contribution < 1.29 is 13.2 Å². The number of sulfone groups is 1. The molecule has 0 saturated heterocycles. The largest absolute Gasteiger partial charge is 0.345 e. The Morgan fingerprint density at radius 2 is 1.72 bits per heavy atom. The number of nitrogens with one attached hydrogen (secondary N) is 1. The third-order valence-electron chi connectivity index (χ3n) is 4.25. The van der Waals surface area contributed by atoms with Gasteiger partial charge >= 0.3 is 0 Å². The monoisotopic (exact) mass is 377 g/mol. The van der Waals surface area contributed by atoms with Gasteiger partial charge in [-0.05, 0) is 54.2 Å². The first kappa shape index (κ1) is 18.0. The molecule has 25 heavy (non-hydrogen) atoms. The SMILES string of the molecule is CS(=O)(=O)Cc1ccc(C(=O)N[C@@H](c2ccc(Cl)cc2)C2CC2)cc1. The summed E-state index contributed by atoms with van der Waals surface area (Å²) in [6, 6.07) is 14.2. The van der Waals surface area contributed by atoms with Crippen LogP contribution in [-0.2, 0) is 15.6 Å². The molecule has 6 heteroatoms. The van der Waals surface area contributed by atoms with Crippen molar-refractivity contribution in [2.24, 2.45) is 5.92 Å². The van der Waals surface area contributed by atoms with E-state index in [1.54, 1.807) is 24.3 Å². The smallest absolute Gasteiger partial charge is 0.251 e. The van der Waals surface area contributed by atoms with E-state index < -0.39 is 9.84 Å². The molecule has 2 aromatic rings. The molecule has 132 valence electrons. The number of hydrogen-bond acceptors (Lipinski definition) is 3. The van der Waals surface area contributed by atoms with Crippen molar-refractivity contribution in [2.75, 3.05) is 6.26 Å². The molecule has 1 atom stereocenters. The fourth-order valence-electron chi connectivity index (χ4n) is 2.85. The lowest BCUT2D eigenvalue weighted by molar-refractivity contribution is 0.0931. The first-order chi connectivity index (χ1) is 11.8. The van der Waals surface area contributed by atoms with Gasteiger partial charge in [-0.3, -0.25) is 4.79 Å². The Balaban J connectivity index is 1.72. The molecule has 1 saturated carbocycles. The molecule has 0 aliphatic heterocycles. The molecule has 1 aliphatic carbocycles. The molecule has 0 aromatic heterocycles. The van der Waals surface area contributed by atoms with Gasteiger partial charge in [0.1, 0.15) is 0 Å². The topological polar surface area (TPSA) is 63.2 Å².